The Hall–Kier alpha value is -1.90. The molecule has 0 fully saturated rings. The van der Waals surface area contributed by atoms with Gasteiger partial charge in [-0.2, -0.15) is 0 Å². The SMILES string of the molecule is Cc1ccc(OCC(=O)NCc2ccc(S(=O)(=O)N(C)C)s2)c(C)c1. The Kier molecular flexibility index (Phi) is 6.21. The lowest BCUT2D eigenvalue weighted by Gasteiger charge is -2.10. The lowest BCUT2D eigenvalue weighted by Crippen LogP contribution is -2.28. The van der Waals surface area contributed by atoms with E-state index in [1.165, 1.54) is 18.4 Å². The van der Waals surface area contributed by atoms with Crippen molar-refractivity contribution in [3.63, 3.8) is 0 Å². The lowest BCUT2D eigenvalue weighted by molar-refractivity contribution is -0.123. The molecule has 0 unspecified atom stereocenters. The lowest BCUT2D eigenvalue weighted by atomic mass is 10.1. The maximum atomic E-state index is 12.0. The van der Waals surface area contributed by atoms with Crippen LogP contribution in [0.4, 0.5) is 0 Å². The summed E-state index contributed by atoms with van der Waals surface area (Å²) in [6.45, 7) is 4.11. The highest BCUT2D eigenvalue weighted by molar-refractivity contribution is 7.91. The summed E-state index contributed by atoms with van der Waals surface area (Å²) in [5.41, 5.74) is 2.11. The quantitative estimate of drug-likeness (QED) is 0.797. The fraction of sp³-hybridized carbons (Fsp3) is 0.353. The van der Waals surface area contributed by atoms with Crippen LogP contribution in [-0.4, -0.2) is 39.3 Å². The number of nitrogens with one attached hydrogen (secondary N) is 1. The zero-order chi connectivity index (χ0) is 18.6. The van der Waals surface area contributed by atoms with Gasteiger partial charge in [-0.25, -0.2) is 12.7 Å². The summed E-state index contributed by atoms with van der Waals surface area (Å²) in [6, 6.07) is 9.01. The maximum absolute atomic E-state index is 12.0. The number of carbonyl (C=O) groups excluding carboxylic acids is 1. The molecule has 1 aromatic carbocycles. The third-order valence-corrected chi connectivity index (χ3v) is 6.89. The second kappa shape index (κ2) is 7.99. The fourth-order valence-electron chi connectivity index (χ4n) is 2.11. The van der Waals surface area contributed by atoms with Crippen LogP contribution >= 0.6 is 11.3 Å². The number of hydrogen-bond donors (Lipinski definition) is 1. The number of nitrogens with zero attached hydrogens (tertiary/aromatic N) is 1. The van der Waals surface area contributed by atoms with E-state index in [0.717, 1.165) is 27.3 Å². The molecule has 8 heteroatoms. The standard InChI is InChI=1S/C17H22N2O4S2/c1-12-5-7-15(13(2)9-12)23-11-16(20)18-10-14-6-8-17(24-14)25(21,22)19(3)4/h5-9H,10-11H2,1-4H3,(H,18,20). The van der Waals surface area contributed by atoms with Crippen LogP contribution in [0.5, 0.6) is 5.75 Å². The zero-order valence-corrected chi connectivity index (χ0v) is 16.3. The Balaban J connectivity index is 1.87. The van der Waals surface area contributed by atoms with E-state index in [1.807, 2.05) is 32.0 Å². The minimum Gasteiger partial charge on any atom is -0.484 e. The van der Waals surface area contributed by atoms with Crippen LogP contribution in [0.1, 0.15) is 16.0 Å². The molecule has 0 saturated carbocycles. The molecule has 0 atom stereocenters. The smallest absolute Gasteiger partial charge is 0.258 e. The normalized spacial score (nSPS) is 11.6. The van der Waals surface area contributed by atoms with E-state index in [2.05, 4.69) is 5.32 Å². The molecule has 6 nitrogen and oxygen atoms in total. The summed E-state index contributed by atoms with van der Waals surface area (Å²) in [4.78, 5) is 12.7. The molecule has 1 amide bonds. The van der Waals surface area contributed by atoms with Gasteiger partial charge in [0.2, 0.25) is 0 Å². The summed E-state index contributed by atoms with van der Waals surface area (Å²) >= 11 is 1.14. The van der Waals surface area contributed by atoms with Crippen molar-refractivity contribution >= 4 is 27.3 Å². The topological polar surface area (TPSA) is 75.7 Å². The van der Waals surface area contributed by atoms with Crippen molar-refractivity contribution in [2.75, 3.05) is 20.7 Å². The highest BCUT2D eigenvalue weighted by Crippen LogP contribution is 2.23. The third-order valence-electron chi connectivity index (χ3n) is 3.52. The fourth-order valence-corrected chi connectivity index (χ4v) is 4.58. The second-order valence-electron chi connectivity index (χ2n) is 5.84. The van der Waals surface area contributed by atoms with Gasteiger partial charge in [-0.3, -0.25) is 4.79 Å². The number of carbonyl (C=O) groups is 1. The molecule has 0 aliphatic rings. The van der Waals surface area contributed by atoms with Crippen molar-refractivity contribution < 1.29 is 17.9 Å². The highest BCUT2D eigenvalue weighted by atomic mass is 32.2. The molecule has 1 N–H and O–H groups in total. The van der Waals surface area contributed by atoms with Crippen LogP contribution in [0.25, 0.3) is 0 Å². The molecular weight excluding hydrogens is 360 g/mol. The molecule has 1 aromatic heterocycles. The number of sulfonamides is 1. The van der Waals surface area contributed by atoms with Crippen LogP contribution in [0.15, 0.2) is 34.5 Å². The summed E-state index contributed by atoms with van der Waals surface area (Å²) < 4.78 is 31.0. The number of benzene rings is 1. The van der Waals surface area contributed by atoms with Gasteiger partial charge in [0.05, 0.1) is 6.54 Å². The van der Waals surface area contributed by atoms with Crippen molar-refractivity contribution in [2.24, 2.45) is 0 Å². The number of aryl methyl sites for hydroxylation is 2. The van der Waals surface area contributed by atoms with E-state index in [4.69, 9.17) is 4.74 Å². The average molecular weight is 383 g/mol. The van der Waals surface area contributed by atoms with Crippen molar-refractivity contribution in [2.45, 2.75) is 24.6 Å². The first-order valence-corrected chi connectivity index (χ1v) is 9.94. The molecule has 0 saturated heterocycles. The Morgan fingerprint density at radius 1 is 1.20 bits per heavy atom. The van der Waals surface area contributed by atoms with Crippen molar-refractivity contribution in [1.29, 1.82) is 0 Å². The Morgan fingerprint density at radius 3 is 2.56 bits per heavy atom. The van der Waals surface area contributed by atoms with Gasteiger partial charge < -0.3 is 10.1 Å². The van der Waals surface area contributed by atoms with E-state index in [-0.39, 0.29) is 23.3 Å². The summed E-state index contributed by atoms with van der Waals surface area (Å²) in [6.07, 6.45) is 0. The average Bonchev–Trinajstić information content (AvgIpc) is 3.01. The third kappa shape index (κ3) is 5.04. The van der Waals surface area contributed by atoms with E-state index >= 15 is 0 Å². The molecule has 136 valence electrons. The van der Waals surface area contributed by atoms with Gasteiger partial charge in [0, 0.05) is 19.0 Å². The van der Waals surface area contributed by atoms with Gasteiger partial charge in [0.25, 0.3) is 15.9 Å². The van der Waals surface area contributed by atoms with Gasteiger partial charge in [-0.1, -0.05) is 17.7 Å². The molecule has 0 radical (unpaired) electrons. The van der Waals surface area contributed by atoms with Crippen LogP contribution in [0, 0.1) is 13.8 Å². The van der Waals surface area contributed by atoms with Gasteiger partial charge >= 0.3 is 0 Å². The summed E-state index contributed by atoms with van der Waals surface area (Å²) in [7, 11) is -0.461. The van der Waals surface area contributed by atoms with Crippen LogP contribution in [0.3, 0.4) is 0 Å². The Bertz CT molecular complexity index is 857. The highest BCUT2D eigenvalue weighted by Gasteiger charge is 2.19. The number of thiophene rings is 1. The first-order valence-electron chi connectivity index (χ1n) is 7.68. The number of amides is 1. The molecule has 25 heavy (non-hydrogen) atoms. The molecule has 2 aromatic rings. The summed E-state index contributed by atoms with van der Waals surface area (Å²) in [5, 5.41) is 2.73. The van der Waals surface area contributed by atoms with Crippen LogP contribution in [-0.2, 0) is 21.4 Å². The van der Waals surface area contributed by atoms with Gasteiger partial charge in [0.15, 0.2) is 6.61 Å². The monoisotopic (exact) mass is 382 g/mol. The molecule has 0 aliphatic heterocycles. The van der Waals surface area contributed by atoms with E-state index in [9.17, 15) is 13.2 Å². The predicted octanol–water partition coefficient (Wildman–Crippen LogP) is 2.31. The largest absolute Gasteiger partial charge is 0.484 e. The minimum atomic E-state index is -3.43. The number of rotatable bonds is 7. The van der Waals surface area contributed by atoms with E-state index < -0.39 is 10.0 Å². The summed E-state index contributed by atoms with van der Waals surface area (Å²) in [5.74, 6) is 0.418. The predicted molar refractivity (Wildman–Crippen MR) is 98.4 cm³/mol. The Morgan fingerprint density at radius 2 is 1.92 bits per heavy atom. The van der Waals surface area contributed by atoms with Crippen molar-refractivity contribution in [3.8, 4) is 5.75 Å². The minimum absolute atomic E-state index is 0.0852. The maximum Gasteiger partial charge on any atom is 0.258 e. The molecule has 1 heterocycles. The second-order valence-corrected chi connectivity index (χ2v) is 9.39. The molecule has 0 bridgehead atoms. The van der Waals surface area contributed by atoms with Gasteiger partial charge in [-0.05, 0) is 37.6 Å². The molecule has 0 aliphatic carbocycles. The zero-order valence-electron chi connectivity index (χ0n) is 14.7. The first-order chi connectivity index (χ1) is 11.7. The first kappa shape index (κ1) is 19.4. The van der Waals surface area contributed by atoms with Gasteiger partial charge in [0.1, 0.15) is 9.96 Å². The Labute approximate surface area is 152 Å². The molecular formula is C17H22N2O4S2. The van der Waals surface area contributed by atoms with Crippen molar-refractivity contribution in [3.05, 3.63) is 46.3 Å². The molecule has 2 rings (SSSR count). The van der Waals surface area contributed by atoms with Crippen LogP contribution < -0.4 is 10.1 Å². The van der Waals surface area contributed by atoms with E-state index in [1.54, 1.807) is 12.1 Å². The van der Waals surface area contributed by atoms with Gasteiger partial charge in [-0.15, -0.1) is 11.3 Å². The number of ether oxygens (including phenoxy) is 1. The van der Waals surface area contributed by atoms with Crippen molar-refractivity contribution in [1.82, 2.24) is 9.62 Å². The van der Waals surface area contributed by atoms with Crippen LogP contribution in [0.2, 0.25) is 0 Å². The molecule has 0 spiro atoms. The van der Waals surface area contributed by atoms with E-state index in [0.29, 0.717) is 5.75 Å². The number of hydrogen-bond acceptors (Lipinski definition) is 5.